The third-order valence-corrected chi connectivity index (χ3v) is 4.99. The van der Waals surface area contributed by atoms with Crippen molar-refractivity contribution < 1.29 is 9.59 Å². The number of aryl methyl sites for hydroxylation is 2. The molecule has 0 spiro atoms. The second-order valence-corrected chi connectivity index (χ2v) is 7.15. The first-order valence-corrected chi connectivity index (χ1v) is 9.11. The highest BCUT2D eigenvalue weighted by atomic mass is 32.2. The Bertz CT molecular complexity index is 774. The van der Waals surface area contributed by atoms with Crippen molar-refractivity contribution in [2.45, 2.75) is 32.0 Å². The summed E-state index contributed by atoms with van der Waals surface area (Å²) in [5, 5.41) is 7.30. The van der Waals surface area contributed by atoms with Gasteiger partial charge in [0.25, 0.3) is 0 Å². The van der Waals surface area contributed by atoms with Crippen LogP contribution < -0.4 is 4.90 Å². The summed E-state index contributed by atoms with van der Waals surface area (Å²) in [5.74, 6) is 0.801. The number of H-pyrrole nitrogens is 1. The van der Waals surface area contributed by atoms with Gasteiger partial charge in [0.1, 0.15) is 12.4 Å². The molecule has 1 N–H and O–H groups in total. The van der Waals surface area contributed by atoms with Crippen LogP contribution in [0.15, 0.2) is 29.4 Å². The number of anilines is 1. The Hall–Kier alpha value is -2.35. The molecule has 25 heavy (non-hydrogen) atoms. The fourth-order valence-corrected chi connectivity index (χ4v) is 3.49. The van der Waals surface area contributed by atoms with Crippen LogP contribution in [0, 0.1) is 13.8 Å². The van der Waals surface area contributed by atoms with Gasteiger partial charge in [-0.1, -0.05) is 29.5 Å². The van der Waals surface area contributed by atoms with Gasteiger partial charge in [-0.3, -0.25) is 14.7 Å². The van der Waals surface area contributed by atoms with Crippen LogP contribution in [0.4, 0.5) is 5.69 Å². The van der Waals surface area contributed by atoms with Crippen LogP contribution in [-0.2, 0) is 9.59 Å². The number of rotatable bonds is 4. The van der Waals surface area contributed by atoms with Crippen molar-refractivity contribution in [2.24, 2.45) is 0 Å². The molecular formula is C17H21N5O2S. The number of thioether (sulfide) groups is 1. The molecule has 0 radical (unpaired) electrons. The van der Waals surface area contributed by atoms with Crippen LogP contribution in [0.2, 0.25) is 0 Å². The van der Waals surface area contributed by atoms with Gasteiger partial charge in [-0.05, 0) is 32.9 Å². The van der Waals surface area contributed by atoms with Crippen molar-refractivity contribution in [1.82, 2.24) is 20.1 Å². The first kappa shape index (κ1) is 17.5. The van der Waals surface area contributed by atoms with E-state index in [1.165, 1.54) is 11.8 Å². The lowest BCUT2D eigenvalue weighted by Gasteiger charge is -2.39. The van der Waals surface area contributed by atoms with Crippen molar-refractivity contribution in [1.29, 1.82) is 0 Å². The SMILES string of the molecule is Cc1ccc(N2C[C@H](C)N(C(=O)CSc3n[nH]c(C)n3)CC2=O)cc1. The average Bonchev–Trinajstić information content (AvgIpc) is 3.01. The van der Waals surface area contributed by atoms with Crippen molar-refractivity contribution >= 4 is 29.3 Å². The normalized spacial score (nSPS) is 17.9. The van der Waals surface area contributed by atoms with Gasteiger partial charge >= 0.3 is 0 Å². The van der Waals surface area contributed by atoms with Crippen molar-refractivity contribution in [3.63, 3.8) is 0 Å². The van der Waals surface area contributed by atoms with E-state index >= 15 is 0 Å². The van der Waals surface area contributed by atoms with E-state index in [2.05, 4.69) is 15.2 Å². The van der Waals surface area contributed by atoms with Crippen LogP contribution in [0.1, 0.15) is 18.3 Å². The summed E-state index contributed by atoms with van der Waals surface area (Å²) in [4.78, 5) is 32.6. The lowest BCUT2D eigenvalue weighted by molar-refractivity contribution is -0.137. The first-order valence-electron chi connectivity index (χ1n) is 8.12. The number of hydrogen-bond donors (Lipinski definition) is 1. The predicted molar refractivity (Wildman–Crippen MR) is 96.6 cm³/mol. The highest BCUT2D eigenvalue weighted by molar-refractivity contribution is 7.99. The summed E-state index contributed by atoms with van der Waals surface area (Å²) < 4.78 is 0. The molecule has 8 heteroatoms. The maximum Gasteiger partial charge on any atom is 0.246 e. The number of hydrogen-bond acceptors (Lipinski definition) is 5. The number of carbonyl (C=O) groups is 2. The summed E-state index contributed by atoms with van der Waals surface area (Å²) in [6, 6.07) is 7.82. The number of benzene rings is 1. The molecule has 132 valence electrons. The number of aromatic amines is 1. The van der Waals surface area contributed by atoms with Crippen molar-refractivity contribution in [3.05, 3.63) is 35.7 Å². The maximum absolute atomic E-state index is 12.5. The minimum atomic E-state index is -0.0724. The topological polar surface area (TPSA) is 82.2 Å². The van der Waals surface area contributed by atoms with E-state index in [4.69, 9.17) is 0 Å². The molecule has 0 bridgehead atoms. The third-order valence-electron chi connectivity index (χ3n) is 4.15. The molecule has 1 aromatic heterocycles. The second kappa shape index (κ2) is 7.26. The molecule has 0 aliphatic carbocycles. The standard InChI is InChI=1S/C17H21N5O2S/c1-11-4-6-14(7-5-11)22-8-12(2)21(9-15(22)23)16(24)10-25-17-18-13(3)19-20-17/h4-7,12H,8-10H2,1-3H3,(H,18,19,20)/t12-/m0/s1. The highest BCUT2D eigenvalue weighted by Gasteiger charge is 2.33. The Kier molecular flexibility index (Phi) is 5.08. The Balaban J connectivity index is 1.62. The van der Waals surface area contributed by atoms with Gasteiger partial charge in [0.05, 0.1) is 5.75 Å². The Morgan fingerprint density at radius 1 is 1.32 bits per heavy atom. The number of piperazine rings is 1. The summed E-state index contributed by atoms with van der Waals surface area (Å²) in [5.41, 5.74) is 2.03. The smallest absolute Gasteiger partial charge is 0.246 e. The monoisotopic (exact) mass is 359 g/mol. The highest BCUT2D eigenvalue weighted by Crippen LogP contribution is 2.22. The quantitative estimate of drug-likeness (QED) is 0.842. The maximum atomic E-state index is 12.5. The van der Waals surface area contributed by atoms with Crippen LogP contribution in [0.3, 0.4) is 0 Å². The molecule has 0 saturated carbocycles. The van der Waals surface area contributed by atoms with Crippen molar-refractivity contribution in [2.75, 3.05) is 23.7 Å². The summed E-state index contributed by atoms with van der Waals surface area (Å²) >= 11 is 1.28. The van der Waals surface area contributed by atoms with Crippen LogP contribution >= 0.6 is 11.8 Å². The van der Waals surface area contributed by atoms with E-state index in [9.17, 15) is 9.59 Å². The summed E-state index contributed by atoms with van der Waals surface area (Å²) in [6.45, 7) is 6.38. The molecule has 1 aromatic carbocycles. The largest absolute Gasteiger partial charge is 0.328 e. The zero-order valence-electron chi connectivity index (χ0n) is 14.5. The van der Waals surface area contributed by atoms with E-state index in [1.54, 1.807) is 9.80 Å². The van der Waals surface area contributed by atoms with Crippen LogP contribution in [0.25, 0.3) is 0 Å². The minimum Gasteiger partial charge on any atom is -0.328 e. The Labute approximate surface area is 150 Å². The number of carbonyl (C=O) groups excluding carboxylic acids is 2. The summed E-state index contributed by atoms with van der Waals surface area (Å²) in [6.07, 6.45) is 0. The summed E-state index contributed by atoms with van der Waals surface area (Å²) in [7, 11) is 0. The number of nitrogens with zero attached hydrogens (tertiary/aromatic N) is 4. The fraction of sp³-hybridized carbons (Fsp3) is 0.412. The van der Waals surface area contributed by atoms with Gasteiger partial charge in [-0.15, -0.1) is 5.10 Å². The molecule has 3 rings (SSSR count). The minimum absolute atomic E-state index is 0.0408. The number of amides is 2. The van der Waals surface area contributed by atoms with Gasteiger partial charge in [-0.25, -0.2) is 4.98 Å². The molecule has 1 aliphatic heterocycles. The molecular weight excluding hydrogens is 338 g/mol. The van der Waals surface area contributed by atoms with E-state index in [0.29, 0.717) is 17.5 Å². The zero-order chi connectivity index (χ0) is 18.0. The van der Waals surface area contributed by atoms with Gasteiger partial charge in [-0.2, -0.15) is 0 Å². The Morgan fingerprint density at radius 3 is 2.68 bits per heavy atom. The zero-order valence-corrected chi connectivity index (χ0v) is 15.3. The van der Waals surface area contributed by atoms with Crippen LogP contribution in [-0.4, -0.2) is 56.8 Å². The number of aromatic nitrogens is 3. The lowest BCUT2D eigenvalue weighted by atomic mass is 10.1. The molecule has 2 amide bonds. The van der Waals surface area contributed by atoms with Gasteiger partial charge < -0.3 is 9.80 Å². The molecule has 0 unspecified atom stereocenters. The molecule has 1 saturated heterocycles. The first-order chi connectivity index (χ1) is 11.9. The van der Waals surface area contributed by atoms with Gasteiger partial charge in [0.15, 0.2) is 0 Å². The fourth-order valence-electron chi connectivity index (χ4n) is 2.76. The molecule has 1 fully saturated rings. The van der Waals surface area contributed by atoms with E-state index in [-0.39, 0.29) is 30.2 Å². The van der Waals surface area contributed by atoms with E-state index < -0.39 is 0 Å². The van der Waals surface area contributed by atoms with Crippen molar-refractivity contribution in [3.8, 4) is 0 Å². The number of nitrogens with one attached hydrogen (secondary N) is 1. The second-order valence-electron chi connectivity index (χ2n) is 6.20. The van der Waals surface area contributed by atoms with Crippen LogP contribution in [0.5, 0.6) is 0 Å². The average molecular weight is 359 g/mol. The molecule has 1 atom stereocenters. The molecule has 2 heterocycles. The Morgan fingerprint density at radius 2 is 2.04 bits per heavy atom. The third kappa shape index (κ3) is 4.01. The molecule has 1 aliphatic rings. The molecule has 2 aromatic rings. The van der Waals surface area contributed by atoms with Gasteiger partial charge in [0, 0.05) is 18.3 Å². The van der Waals surface area contributed by atoms with Gasteiger partial charge in [0.2, 0.25) is 17.0 Å². The van der Waals surface area contributed by atoms with E-state index in [0.717, 1.165) is 11.3 Å². The predicted octanol–water partition coefficient (Wildman–Crippen LogP) is 1.78. The lowest BCUT2D eigenvalue weighted by Crippen LogP contribution is -2.57. The molecule has 7 nitrogen and oxygen atoms in total. The van der Waals surface area contributed by atoms with E-state index in [1.807, 2.05) is 45.0 Å².